The van der Waals surface area contributed by atoms with E-state index in [1.54, 1.807) is 11.0 Å². The highest BCUT2D eigenvalue weighted by molar-refractivity contribution is 6.46. The lowest BCUT2D eigenvalue weighted by Crippen LogP contribution is -2.37. The lowest BCUT2D eigenvalue weighted by Gasteiger charge is -2.31. The molecule has 1 atom stereocenters. The normalized spacial score (nSPS) is 20.5. The SMILES string of the molecule is CCCOc1ccc(/C(O)=C2/C(=O)C(=O)N(C3CCCC3)C2c2ccc(C(C)C)cc2)cc1C. The van der Waals surface area contributed by atoms with Crippen LogP contribution in [0, 0.1) is 6.92 Å². The summed E-state index contributed by atoms with van der Waals surface area (Å²) in [5, 5.41) is 11.4. The number of ether oxygens (including phenoxy) is 1. The van der Waals surface area contributed by atoms with Gasteiger partial charge in [-0.05, 0) is 67.0 Å². The standard InChI is InChI=1S/C29H35NO4/c1-5-16-34-24-15-14-22(17-19(24)4)27(31)25-26(21-12-10-20(11-13-21)18(2)3)30(29(33)28(25)32)23-8-6-7-9-23/h10-15,17-18,23,26,31H,5-9,16H2,1-4H3/b27-25-. The van der Waals surface area contributed by atoms with E-state index in [4.69, 9.17) is 4.74 Å². The largest absolute Gasteiger partial charge is 0.507 e. The van der Waals surface area contributed by atoms with Gasteiger partial charge in [0.2, 0.25) is 0 Å². The maximum atomic E-state index is 13.3. The van der Waals surface area contributed by atoms with Crippen LogP contribution in [0.25, 0.3) is 5.76 Å². The van der Waals surface area contributed by atoms with E-state index in [1.807, 2.05) is 38.1 Å². The smallest absolute Gasteiger partial charge is 0.295 e. The molecular formula is C29H35NO4. The van der Waals surface area contributed by atoms with E-state index in [2.05, 4.69) is 26.0 Å². The molecule has 1 N–H and O–H groups in total. The molecular weight excluding hydrogens is 426 g/mol. The highest BCUT2D eigenvalue weighted by atomic mass is 16.5. The summed E-state index contributed by atoms with van der Waals surface area (Å²) in [4.78, 5) is 28.3. The van der Waals surface area contributed by atoms with Gasteiger partial charge in [-0.3, -0.25) is 9.59 Å². The van der Waals surface area contributed by atoms with Gasteiger partial charge in [0.05, 0.1) is 18.2 Å². The molecule has 2 aliphatic rings. The molecule has 2 aromatic rings. The zero-order valence-electron chi connectivity index (χ0n) is 20.6. The topological polar surface area (TPSA) is 66.8 Å². The molecule has 1 heterocycles. The minimum atomic E-state index is -0.605. The number of amides is 1. The molecule has 2 fully saturated rings. The molecule has 0 aromatic heterocycles. The average molecular weight is 462 g/mol. The maximum absolute atomic E-state index is 13.3. The highest BCUT2D eigenvalue weighted by Crippen LogP contribution is 2.43. The summed E-state index contributed by atoms with van der Waals surface area (Å²) in [6.45, 7) is 8.85. The second-order valence-corrected chi connectivity index (χ2v) is 9.79. The van der Waals surface area contributed by atoms with Crippen molar-refractivity contribution in [1.29, 1.82) is 0 Å². The van der Waals surface area contributed by atoms with Gasteiger partial charge in [-0.2, -0.15) is 0 Å². The summed E-state index contributed by atoms with van der Waals surface area (Å²) in [5.41, 5.74) is 3.63. The van der Waals surface area contributed by atoms with Crippen molar-refractivity contribution in [3.8, 4) is 5.75 Å². The van der Waals surface area contributed by atoms with Crippen molar-refractivity contribution < 1.29 is 19.4 Å². The number of nitrogens with zero attached hydrogens (tertiary/aromatic N) is 1. The average Bonchev–Trinajstić information content (AvgIpc) is 3.44. The molecule has 0 radical (unpaired) electrons. The number of aliphatic hydroxyl groups excluding tert-OH is 1. The first-order valence-corrected chi connectivity index (χ1v) is 12.5. The van der Waals surface area contributed by atoms with Crippen molar-refractivity contribution in [2.45, 2.75) is 77.8 Å². The number of ketones is 1. The molecule has 1 saturated heterocycles. The first kappa shape index (κ1) is 24.1. The maximum Gasteiger partial charge on any atom is 0.295 e. The number of benzene rings is 2. The molecule has 1 saturated carbocycles. The molecule has 180 valence electrons. The Bertz CT molecular complexity index is 1090. The number of hydrogen-bond acceptors (Lipinski definition) is 4. The molecule has 5 nitrogen and oxygen atoms in total. The molecule has 4 rings (SSSR count). The number of Topliss-reactive ketones (excluding diaryl/α,β-unsaturated/α-hetero) is 1. The van der Waals surface area contributed by atoms with E-state index in [9.17, 15) is 14.7 Å². The van der Waals surface area contributed by atoms with Crippen molar-refractivity contribution in [2.24, 2.45) is 0 Å². The van der Waals surface area contributed by atoms with Gasteiger partial charge < -0.3 is 14.7 Å². The first-order valence-electron chi connectivity index (χ1n) is 12.5. The van der Waals surface area contributed by atoms with Crippen LogP contribution in [0.1, 0.15) is 87.1 Å². The Balaban J connectivity index is 1.81. The van der Waals surface area contributed by atoms with E-state index in [1.165, 1.54) is 5.56 Å². The van der Waals surface area contributed by atoms with Crippen molar-refractivity contribution in [2.75, 3.05) is 6.61 Å². The van der Waals surface area contributed by atoms with Crippen LogP contribution in [0.3, 0.4) is 0 Å². The zero-order chi connectivity index (χ0) is 24.4. The third-order valence-corrected chi connectivity index (χ3v) is 7.03. The summed E-state index contributed by atoms with van der Waals surface area (Å²) in [5.74, 6) is -0.100. The van der Waals surface area contributed by atoms with Gasteiger partial charge in [-0.1, -0.05) is 57.9 Å². The molecule has 1 amide bonds. The second-order valence-electron chi connectivity index (χ2n) is 9.79. The number of rotatable bonds is 7. The van der Waals surface area contributed by atoms with Crippen LogP contribution in [-0.2, 0) is 9.59 Å². The first-order chi connectivity index (χ1) is 16.3. The number of aryl methyl sites for hydroxylation is 1. The summed E-state index contributed by atoms with van der Waals surface area (Å²) >= 11 is 0. The molecule has 1 unspecified atom stereocenters. The highest BCUT2D eigenvalue weighted by Gasteiger charge is 2.49. The summed E-state index contributed by atoms with van der Waals surface area (Å²) in [6, 6.07) is 12.9. The number of hydrogen-bond donors (Lipinski definition) is 1. The van der Waals surface area contributed by atoms with Crippen molar-refractivity contribution in [1.82, 2.24) is 4.90 Å². The minimum Gasteiger partial charge on any atom is -0.507 e. The Kier molecular flexibility index (Phi) is 7.11. The van der Waals surface area contributed by atoms with Crippen LogP contribution >= 0.6 is 0 Å². The fraction of sp³-hybridized carbons (Fsp3) is 0.448. The van der Waals surface area contributed by atoms with Gasteiger partial charge >= 0.3 is 0 Å². The van der Waals surface area contributed by atoms with Crippen LogP contribution in [0.5, 0.6) is 5.75 Å². The van der Waals surface area contributed by atoms with Gasteiger partial charge in [0.25, 0.3) is 11.7 Å². The predicted octanol–water partition coefficient (Wildman–Crippen LogP) is 6.27. The minimum absolute atomic E-state index is 0.0167. The Hall–Kier alpha value is -3.08. The Morgan fingerprint density at radius 3 is 2.35 bits per heavy atom. The fourth-order valence-electron chi connectivity index (χ4n) is 5.13. The summed E-state index contributed by atoms with van der Waals surface area (Å²) < 4.78 is 5.76. The molecule has 0 bridgehead atoms. The lowest BCUT2D eigenvalue weighted by atomic mass is 9.92. The monoisotopic (exact) mass is 461 g/mol. The molecule has 2 aromatic carbocycles. The van der Waals surface area contributed by atoms with Gasteiger partial charge in [0.15, 0.2) is 0 Å². The van der Waals surface area contributed by atoms with Crippen LogP contribution in [0.2, 0.25) is 0 Å². The van der Waals surface area contributed by atoms with Crippen LogP contribution < -0.4 is 4.74 Å². The number of likely N-dealkylation sites (tertiary alicyclic amines) is 1. The van der Waals surface area contributed by atoms with Crippen molar-refractivity contribution in [3.63, 3.8) is 0 Å². The lowest BCUT2D eigenvalue weighted by molar-refractivity contribution is -0.141. The fourth-order valence-corrected chi connectivity index (χ4v) is 5.13. The van der Waals surface area contributed by atoms with Gasteiger partial charge in [-0.15, -0.1) is 0 Å². The second kappa shape index (κ2) is 10.0. The van der Waals surface area contributed by atoms with Gasteiger partial charge in [0, 0.05) is 11.6 Å². The van der Waals surface area contributed by atoms with Crippen molar-refractivity contribution >= 4 is 17.4 Å². The molecule has 1 aliphatic heterocycles. The Morgan fingerprint density at radius 1 is 1.09 bits per heavy atom. The van der Waals surface area contributed by atoms with E-state index in [0.717, 1.165) is 49.0 Å². The van der Waals surface area contributed by atoms with E-state index in [-0.39, 0.29) is 17.4 Å². The third kappa shape index (κ3) is 4.48. The molecule has 1 aliphatic carbocycles. The number of aliphatic hydroxyl groups is 1. The molecule has 0 spiro atoms. The van der Waals surface area contributed by atoms with Gasteiger partial charge in [-0.25, -0.2) is 0 Å². The predicted molar refractivity (Wildman–Crippen MR) is 134 cm³/mol. The zero-order valence-corrected chi connectivity index (χ0v) is 20.6. The molecule has 34 heavy (non-hydrogen) atoms. The van der Waals surface area contributed by atoms with Gasteiger partial charge in [0.1, 0.15) is 11.5 Å². The number of carbonyl (C=O) groups is 2. The Morgan fingerprint density at radius 2 is 1.76 bits per heavy atom. The van der Waals surface area contributed by atoms with E-state index < -0.39 is 17.7 Å². The van der Waals surface area contributed by atoms with Crippen LogP contribution in [0.15, 0.2) is 48.0 Å². The quantitative estimate of drug-likeness (QED) is 0.300. The van der Waals surface area contributed by atoms with Crippen molar-refractivity contribution in [3.05, 3.63) is 70.3 Å². The van der Waals surface area contributed by atoms with E-state index >= 15 is 0 Å². The summed E-state index contributed by atoms with van der Waals surface area (Å²) in [7, 11) is 0. The van der Waals surface area contributed by atoms with Crippen LogP contribution in [0.4, 0.5) is 0 Å². The van der Waals surface area contributed by atoms with E-state index in [0.29, 0.717) is 18.1 Å². The Labute approximate surface area is 202 Å². The van der Waals surface area contributed by atoms with Crippen LogP contribution in [-0.4, -0.2) is 34.3 Å². The third-order valence-electron chi connectivity index (χ3n) is 7.03. The number of carbonyl (C=O) groups excluding carboxylic acids is 2. The molecule has 5 heteroatoms. The summed E-state index contributed by atoms with van der Waals surface area (Å²) in [6.07, 6.45) is 4.77.